The van der Waals surface area contributed by atoms with Crippen molar-refractivity contribution in [3.05, 3.63) is 36.6 Å². The Kier molecular flexibility index (Phi) is 1.62. The van der Waals surface area contributed by atoms with Crippen LogP contribution in [0.15, 0.2) is 36.6 Å². The van der Waals surface area contributed by atoms with Gasteiger partial charge in [0.25, 0.3) is 0 Å². The van der Waals surface area contributed by atoms with Crippen molar-refractivity contribution in [2.45, 2.75) is 6.04 Å². The summed E-state index contributed by atoms with van der Waals surface area (Å²) >= 11 is 5.19. The predicted molar refractivity (Wildman–Crippen MR) is 50.5 cm³/mol. The number of hydrogen-bond donors (Lipinski definition) is 0. The summed E-state index contributed by atoms with van der Waals surface area (Å²) in [6.07, 6.45) is 12.4. The average molecular weight is 163 g/mol. The van der Waals surface area contributed by atoms with Crippen molar-refractivity contribution >= 4 is 17.1 Å². The Hall–Kier alpha value is -0.890. The van der Waals surface area contributed by atoms with Crippen molar-refractivity contribution in [1.82, 2.24) is 4.90 Å². The molecule has 2 heterocycles. The van der Waals surface area contributed by atoms with Crippen LogP contribution < -0.4 is 0 Å². The summed E-state index contributed by atoms with van der Waals surface area (Å²) in [4.78, 5) is 3.24. The Morgan fingerprint density at radius 1 is 1.45 bits per heavy atom. The Morgan fingerprint density at radius 3 is 3.18 bits per heavy atom. The van der Waals surface area contributed by atoms with E-state index in [1.807, 2.05) is 18.2 Å². The Balaban J connectivity index is 2.30. The minimum Gasteiger partial charge on any atom is -0.362 e. The zero-order chi connectivity index (χ0) is 7.68. The third kappa shape index (κ3) is 1.14. The molecule has 56 valence electrons. The molecule has 2 aliphatic heterocycles. The Morgan fingerprint density at radius 2 is 2.36 bits per heavy atom. The van der Waals surface area contributed by atoms with Crippen LogP contribution in [-0.4, -0.2) is 22.4 Å². The molecule has 2 aliphatic rings. The van der Waals surface area contributed by atoms with Gasteiger partial charge in [-0.3, -0.25) is 0 Å². The van der Waals surface area contributed by atoms with Gasteiger partial charge in [-0.15, -0.1) is 0 Å². The van der Waals surface area contributed by atoms with Crippen LogP contribution in [0, 0.1) is 0 Å². The first-order chi connectivity index (χ1) is 5.38. The lowest BCUT2D eigenvalue weighted by Gasteiger charge is -2.31. The van der Waals surface area contributed by atoms with E-state index in [0.717, 1.165) is 11.4 Å². The molecule has 0 spiro atoms. The van der Waals surface area contributed by atoms with E-state index in [1.165, 1.54) is 0 Å². The molecule has 0 aromatic rings. The highest BCUT2D eigenvalue weighted by Gasteiger charge is 2.18. The molecule has 0 radical (unpaired) electrons. The van der Waals surface area contributed by atoms with Crippen LogP contribution in [0.5, 0.6) is 0 Å². The second kappa shape index (κ2) is 2.62. The zero-order valence-electron chi connectivity index (χ0n) is 6.10. The number of hydrogen-bond acceptors (Lipinski definition) is 2. The molecule has 0 saturated heterocycles. The van der Waals surface area contributed by atoms with E-state index in [9.17, 15) is 0 Å². The SMILES string of the molecule is S=C1C=CCN2C=CC=CC12. The van der Waals surface area contributed by atoms with E-state index in [0.29, 0.717) is 6.04 Å². The molecule has 1 atom stereocenters. The molecule has 0 N–H and O–H groups in total. The number of allylic oxidation sites excluding steroid dienone is 2. The number of rotatable bonds is 0. The van der Waals surface area contributed by atoms with E-state index in [4.69, 9.17) is 12.2 Å². The van der Waals surface area contributed by atoms with Crippen LogP contribution in [0.3, 0.4) is 0 Å². The fourth-order valence-corrected chi connectivity index (χ4v) is 1.66. The number of nitrogens with zero attached hydrogens (tertiary/aromatic N) is 1. The van der Waals surface area contributed by atoms with Gasteiger partial charge in [0, 0.05) is 17.6 Å². The largest absolute Gasteiger partial charge is 0.362 e. The summed E-state index contributed by atoms with van der Waals surface area (Å²) in [5.74, 6) is 0. The minimum absolute atomic E-state index is 0.333. The summed E-state index contributed by atoms with van der Waals surface area (Å²) in [5.41, 5.74) is 0. The second-order valence-electron chi connectivity index (χ2n) is 2.67. The van der Waals surface area contributed by atoms with Gasteiger partial charge in [-0.25, -0.2) is 0 Å². The molecular weight excluding hydrogens is 154 g/mol. The molecule has 0 aromatic heterocycles. The third-order valence-electron chi connectivity index (χ3n) is 1.93. The zero-order valence-corrected chi connectivity index (χ0v) is 6.92. The summed E-state index contributed by atoms with van der Waals surface area (Å²) in [6.45, 7) is 0.978. The van der Waals surface area contributed by atoms with Crippen LogP contribution in [0.4, 0.5) is 0 Å². The van der Waals surface area contributed by atoms with E-state index < -0.39 is 0 Å². The molecule has 0 aliphatic carbocycles. The molecule has 1 unspecified atom stereocenters. The molecule has 0 saturated carbocycles. The highest BCUT2D eigenvalue weighted by molar-refractivity contribution is 7.80. The number of thiocarbonyl (C=S) groups is 1. The Labute approximate surface area is 71.7 Å². The van der Waals surface area contributed by atoms with Crippen molar-refractivity contribution in [3.63, 3.8) is 0 Å². The third-order valence-corrected chi connectivity index (χ3v) is 2.31. The maximum absolute atomic E-state index is 5.19. The topological polar surface area (TPSA) is 3.24 Å². The van der Waals surface area contributed by atoms with Gasteiger partial charge < -0.3 is 4.90 Å². The van der Waals surface area contributed by atoms with Gasteiger partial charge in [-0.1, -0.05) is 30.4 Å². The smallest absolute Gasteiger partial charge is 0.0828 e. The van der Waals surface area contributed by atoms with Gasteiger partial charge in [-0.2, -0.15) is 0 Å². The second-order valence-corrected chi connectivity index (χ2v) is 3.14. The van der Waals surface area contributed by atoms with Gasteiger partial charge in [0.2, 0.25) is 0 Å². The molecule has 2 heteroatoms. The maximum atomic E-state index is 5.19. The van der Waals surface area contributed by atoms with E-state index >= 15 is 0 Å². The first-order valence-electron chi connectivity index (χ1n) is 3.69. The summed E-state index contributed by atoms with van der Waals surface area (Å²) in [6, 6.07) is 0.333. The normalized spacial score (nSPS) is 27.5. The van der Waals surface area contributed by atoms with E-state index in [2.05, 4.69) is 23.3 Å². The van der Waals surface area contributed by atoms with Crippen LogP contribution in [0.25, 0.3) is 0 Å². The number of fused-ring (bicyclic) bond motifs is 1. The lowest BCUT2D eigenvalue weighted by molar-refractivity contribution is 0.408. The van der Waals surface area contributed by atoms with Crippen molar-refractivity contribution in [2.75, 3.05) is 6.54 Å². The van der Waals surface area contributed by atoms with Gasteiger partial charge in [0.05, 0.1) is 6.04 Å². The average Bonchev–Trinajstić information content (AvgIpc) is 2.06. The van der Waals surface area contributed by atoms with Gasteiger partial charge >= 0.3 is 0 Å². The first-order valence-corrected chi connectivity index (χ1v) is 4.10. The lowest BCUT2D eigenvalue weighted by atomic mass is 10.1. The predicted octanol–water partition coefficient (Wildman–Crippen LogP) is 1.68. The summed E-state index contributed by atoms with van der Waals surface area (Å²) in [5, 5.41) is 0. The van der Waals surface area contributed by atoms with E-state index in [-0.39, 0.29) is 0 Å². The van der Waals surface area contributed by atoms with Crippen LogP contribution >= 0.6 is 12.2 Å². The van der Waals surface area contributed by atoms with Gasteiger partial charge in [0.15, 0.2) is 0 Å². The molecular formula is C9H9NS. The standard InChI is InChI=1S/C9H9NS/c11-9-5-3-7-10-6-2-1-4-8(9)10/h1-6,8H,7H2. The van der Waals surface area contributed by atoms with Crippen molar-refractivity contribution in [2.24, 2.45) is 0 Å². The maximum Gasteiger partial charge on any atom is 0.0828 e. The first kappa shape index (κ1) is 6.80. The lowest BCUT2D eigenvalue weighted by Crippen LogP contribution is -2.38. The van der Waals surface area contributed by atoms with Crippen molar-refractivity contribution in [3.8, 4) is 0 Å². The van der Waals surface area contributed by atoms with Crippen LogP contribution in [0.1, 0.15) is 0 Å². The monoisotopic (exact) mass is 163 g/mol. The molecule has 11 heavy (non-hydrogen) atoms. The van der Waals surface area contributed by atoms with Crippen LogP contribution in [0.2, 0.25) is 0 Å². The Bertz CT molecular complexity index is 263. The van der Waals surface area contributed by atoms with Crippen molar-refractivity contribution in [1.29, 1.82) is 0 Å². The highest BCUT2D eigenvalue weighted by Crippen LogP contribution is 2.14. The van der Waals surface area contributed by atoms with Crippen molar-refractivity contribution < 1.29 is 0 Å². The molecule has 0 aromatic carbocycles. The van der Waals surface area contributed by atoms with Crippen LogP contribution in [-0.2, 0) is 0 Å². The molecule has 0 amide bonds. The van der Waals surface area contributed by atoms with Gasteiger partial charge in [-0.05, 0) is 12.2 Å². The quantitative estimate of drug-likeness (QED) is 0.500. The summed E-state index contributed by atoms with van der Waals surface area (Å²) in [7, 11) is 0. The molecule has 0 bridgehead atoms. The van der Waals surface area contributed by atoms with Gasteiger partial charge in [0.1, 0.15) is 0 Å². The molecule has 1 nitrogen and oxygen atoms in total. The minimum atomic E-state index is 0.333. The highest BCUT2D eigenvalue weighted by atomic mass is 32.1. The summed E-state index contributed by atoms with van der Waals surface area (Å²) < 4.78 is 0. The van der Waals surface area contributed by atoms with E-state index in [1.54, 1.807) is 0 Å². The fourth-order valence-electron chi connectivity index (χ4n) is 1.35. The molecule has 0 fully saturated rings. The fraction of sp³-hybridized carbons (Fsp3) is 0.222. The molecule has 2 rings (SSSR count).